The summed E-state index contributed by atoms with van der Waals surface area (Å²) in [6.45, 7) is 7.97. The summed E-state index contributed by atoms with van der Waals surface area (Å²) in [7, 11) is 0.202. The van der Waals surface area contributed by atoms with Gasteiger partial charge in [0.25, 0.3) is 0 Å². The summed E-state index contributed by atoms with van der Waals surface area (Å²) in [4.78, 5) is 12.9. The molecule has 0 radical (unpaired) electrons. The van der Waals surface area contributed by atoms with Gasteiger partial charge in [-0.05, 0) is 12.5 Å². The van der Waals surface area contributed by atoms with Crippen LogP contribution < -0.4 is 5.73 Å². The maximum Gasteiger partial charge on any atom is 0.409 e. The Hall–Kier alpha value is -0.763. The number of likely N-dealkylation sites (N-methyl/N-ethyl adjacent to an activating group) is 1. The zero-order valence-corrected chi connectivity index (χ0v) is 14.5. The SMILES string of the molecule is CC(CC(N)CN(C)C(=O)OCC[Si](C)(C)C)C(F)(F)F. The summed E-state index contributed by atoms with van der Waals surface area (Å²) in [6.07, 6.45) is -5.01. The van der Waals surface area contributed by atoms with Crippen LogP contribution in [0.1, 0.15) is 13.3 Å². The Kier molecular flexibility index (Phi) is 7.73. The van der Waals surface area contributed by atoms with Crippen molar-refractivity contribution in [3.8, 4) is 0 Å². The van der Waals surface area contributed by atoms with Crippen LogP contribution >= 0.6 is 0 Å². The quantitative estimate of drug-likeness (QED) is 0.730. The molecule has 0 spiro atoms. The number of nitrogens with two attached hydrogens (primary N) is 1. The highest BCUT2D eigenvalue weighted by Crippen LogP contribution is 2.28. The van der Waals surface area contributed by atoms with E-state index < -0.39 is 32.3 Å². The topological polar surface area (TPSA) is 55.6 Å². The number of hydrogen-bond donors (Lipinski definition) is 1. The van der Waals surface area contributed by atoms with Crippen molar-refractivity contribution >= 4 is 14.2 Å². The Morgan fingerprint density at radius 2 is 1.86 bits per heavy atom. The zero-order chi connectivity index (χ0) is 16.8. The predicted molar refractivity (Wildman–Crippen MR) is 79.9 cm³/mol. The van der Waals surface area contributed by atoms with Gasteiger partial charge in [-0.2, -0.15) is 13.2 Å². The molecule has 2 unspecified atom stereocenters. The standard InChI is InChI=1S/C13H27F3N2O2Si/c1-10(13(14,15)16)8-11(17)9-18(2)12(19)20-6-7-21(3,4)5/h10-11H,6-9,17H2,1-5H3. The van der Waals surface area contributed by atoms with Crippen molar-refractivity contribution in [3.05, 3.63) is 0 Å². The van der Waals surface area contributed by atoms with Gasteiger partial charge in [0.05, 0.1) is 12.5 Å². The number of rotatable bonds is 7. The van der Waals surface area contributed by atoms with E-state index >= 15 is 0 Å². The lowest BCUT2D eigenvalue weighted by atomic mass is 10.0. The van der Waals surface area contributed by atoms with Gasteiger partial charge in [-0.1, -0.05) is 26.6 Å². The van der Waals surface area contributed by atoms with E-state index in [0.29, 0.717) is 6.61 Å². The summed E-state index contributed by atoms with van der Waals surface area (Å²) in [6, 6.07) is 0.125. The largest absolute Gasteiger partial charge is 0.450 e. The molecule has 0 saturated carbocycles. The Labute approximate surface area is 125 Å². The summed E-state index contributed by atoms with van der Waals surface area (Å²) in [5.41, 5.74) is 5.67. The molecular formula is C13H27F3N2O2Si. The van der Waals surface area contributed by atoms with Gasteiger partial charge in [0.15, 0.2) is 0 Å². The minimum atomic E-state index is -4.26. The van der Waals surface area contributed by atoms with Crippen LogP contribution in [0.4, 0.5) is 18.0 Å². The number of halogens is 3. The van der Waals surface area contributed by atoms with Crippen LogP contribution in [0, 0.1) is 5.92 Å². The molecule has 21 heavy (non-hydrogen) atoms. The third-order valence-electron chi connectivity index (χ3n) is 3.11. The fourth-order valence-corrected chi connectivity index (χ4v) is 2.36. The number of nitrogens with zero attached hydrogens (tertiary/aromatic N) is 1. The summed E-state index contributed by atoms with van der Waals surface area (Å²) < 4.78 is 42.4. The third-order valence-corrected chi connectivity index (χ3v) is 4.82. The zero-order valence-electron chi connectivity index (χ0n) is 13.5. The van der Waals surface area contributed by atoms with E-state index in [0.717, 1.165) is 13.0 Å². The highest BCUT2D eigenvalue weighted by molar-refractivity contribution is 6.76. The second kappa shape index (κ2) is 8.02. The smallest absolute Gasteiger partial charge is 0.409 e. The summed E-state index contributed by atoms with van der Waals surface area (Å²) >= 11 is 0. The first-order valence-electron chi connectivity index (χ1n) is 7.03. The fraction of sp³-hybridized carbons (Fsp3) is 0.923. The molecular weight excluding hydrogens is 301 g/mol. The lowest BCUT2D eigenvalue weighted by molar-refractivity contribution is -0.172. The number of carbonyl (C=O) groups is 1. The Bertz CT molecular complexity index is 332. The molecule has 2 atom stereocenters. The molecule has 126 valence electrons. The fourth-order valence-electron chi connectivity index (χ4n) is 1.64. The molecule has 0 aliphatic heterocycles. The van der Waals surface area contributed by atoms with Crippen LogP contribution in [0.25, 0.3) is 0 Å². The second-order valence-corrected chi connectivity index (χ2v) is 12.4. The van der Waals surface area contributed by atoms with Gasteiger partial charge in [-0.25, -0.2) is 4.79 Å². The Morgan fingerprint density at radius 3 is 2.29 bits per heavy atom. The van der Waals surface area contributed by atoms with E-state index in [1.165, 1.54) is 11.9 Å². The van der Waals surface area contributed by atoms with Gasteiger partial charge < -0.3 is 15.4 Å². The van der Waals surface area contributed by atoms with Gasteiger partial charge in [0.2, 0.25) is 0 Å². The van der Waals surface area contributed by atoms with Crippen molar-refractivity contribution in [1.29, 1.82) is 0 Å². The maximum atomic E-state index is 12.4. The van der Waals surface area contributed by atoms with E-state index in [4.69, 9.17) is 10.5 Å². The van der Waals surface area contributed by atoms with Crippen LogP contribution in [-0.2, 0) is 4.74 Å². The van der Waals surface area contributed by atoms with Crippen molar-refractivity contribution in [1.82, 2.24) is 4.90 Å². The molecule has 4 nitrogen and oxygen atoms in total. The predicted octanol–water partition coefficient (Wildman–Crippen LogP) is 3.31. The maximum absolute atomic E-state index is 12.4. The monoisotopic (exact) mass is 328 g/mol. The molecule has 2 N–H and O–H groups in total. The second-order valence-electron chi connectivity index (χ2n) is 6.74. The van der Waals surface area contributed by atoms with Crippen molar-refractivity contribution in [2.24, 2.45) is 11.7 Å². The van der Waals surface area contributed by atoms with E-state index in [2.05, 4.69) is 19.6 Å². The van der Waals surface area contributed by atoms with Gasteiger partial charge in [-0.3, -0.25) is 0 Å². The molecule has 0 rings (SSSR count). The lowest BCUT2D eigenvalue weighted by Crippen LogP contribution is -2.41. The van der Waals surface area contributed by atoms with Crippen LogP contribution in [0.5, 0.6) is 0 Å². The first-order valence-corrected chi connectivity index (χ1v) is 10.7. The van der Waals surface area contributed by atoms with Gasteiger partial charge in [-0.15, -0.1) is 0 Å². The Morgan fingerprint density at radius 1 is 1.33 bits per heavy atom. The molecule has 8 heteroatoms. The van der Waals surface area contributed by atoms with Gasteiger partial charge >= 0.3 is 12.3 Å². The number of amides is 1. The van der Waals surface area contributed by atoms with Crippen molar-refractivity contribution < 1.29 is 22.7 Å². The highest BCUT2D eigenvalue weighted by Gasteiger charge is 2.36. The molecule has 0 saturated heterocycles. The summed E-state index contributed by atoms with van der Waals surface area (Å²) in [5.74, 6) is -1.48. The average Bonchev–Trinajstić information content (AvgIpc) is 2.25. The highest BCUT2D eigenvalue weighted by atomic mass is 28.3. The average molecular weight is 328 g/mol. The molecule has 0 aliphatic carbocycles. The molecule has 0 aromatic heterocycles. The Balaban J connectivity index is 4.11. The van der Waals surface area contributed by atoms with E-state index in [9.17, 15) is 18.0 Å². The van der Waals surface area contributed by atoms with E-state index in [1.54, 1.807) is 0 Å². The minimum absolute atomic E-state index is 0.0478. The molecule has 1 amide bonds. The normalized spacial score (nSPS) is 15.5. The van der Waals surface area contributed by atoms with E-state index in [1.807, 2.05) is 0 Å². The van der Waals surface area contributed by atoms with Crippen molar-refractivity contribution in [2.75, 3.05) is 20.2 Å². The molecule has 0 heterocycles. The van der Waals surface area contributed by atoms with Crippen molar-refractivity contribution in [3.63, 3.8) is 0 Å². The number of carbonyl (C=O) groups excluding carboxylic acids is 1. The van der Waals surface area contributed by atoms with Crippen LogP contribution in [-0.4, -0.2) is 51.5 Å². The van der Waals surface area contributed by atoms with Gasteiger partial charge in [0, 0.05) is 27.7 Å². The minimum Gasteiger partial charge on any atom is -0.450 e. The summed E-state index contributed by atoms with van der Waals surface area (Å²) in [5, 5.41) is 0. The molecule has 0 aliphatic rings. The van der Waals surface area contributed by atoms with Crippen LogP contribution in [0.3, 0.4) is 0 Å². The third kappa shape index (κ3) is 9.73. The number of hydrogen-bond acceptors (Lipinski definition) is 3. The van der Waals surface area contributed by atoms with E-state index in [-0.39, 0.29) is 13.0 Å². The first kappa shape index (κ1) is 20.2. The van der Waals surface area contributed by atoms with Crippen LogP contribution in [0.15, 0.2) is 0 Å². The number of alkyl halides is 3. The van der Waals surface area contributed by atoms with Crippen molar-refractivity contribution in [2.45, 2.75) is 51.2 Å². The number of ether oxygens (including phenoxy) is 1. The van der Waals surface area contributed by atoms with Crippen LogP contribution in [0.2, 0.25) is 25.7 Å². The molecule has 0 fully saturated rings. The molecule has 0 bridgehead atoms. The molecule has 0 aromatic rings. The molecule has 0 aromatic carbocycles. The lowest BCUT2D eigenvalue weighted by Gasteiger charge is -2.24. The van der Waals surface area contributed by atoms with Gasteiger partial charge in [0.1, 0.15) is 0 Å². The first-order chi connectivity index (χ1) is 9.33.